The zero-order chi connectivity index (χ0) is 15.2. The summed E-state index contributed by atoms with van der Waals surface area (Å²) in [5, 5.41) is 2.69. The summed E-state index contributed by atoms with van der Waals surface area (Å²) in [6, 6.07) is 6.40. The van der Waals surface area contributed by atoms with Crippen molar-refractivity contribution < 1.29 is 13.9 Å². The van der Waals surface area contributed by atoms with E-state index in [-0.39, 0.29) is 11.7 Å². The third-order valence-corrected chi connectivity index (χ3v) is 2.68. The van der Waals surface area contributed by atoms with Crippen LogP contribution >= 0.6 is 0 Å². The maximum Gasteiger partial charge on any atom is 0.407 e. The molecule has 1 unspecified atom stereocenters. The zero-order valence-corrected chi connectivity index (χ0v) is 12.3. The topological polar surface area (TPSA) is 64.3 Å². The van der Waals surface area contributed by atoms with Crippen molar-refractivity contribution in [2.75, 3.05) is 13.1 Å². The lowest BCUT2D eigenvalue weighted by Gasteiger charge is -2.21. The summed E-state index contributed by atoms with van der Waals surface area (Å²) in [5.41, 5.74) is 6.03. The summed E-state index contributed by atoms with van der Waals surface area (Å²) in [6.07, 6.45) is 0.152. The van der Waals surface area contributed by atoms with Gasteiger partial charge in [0.05, 0.1) is 0 Å². The van der Waals surface area contributed by atoms with Gasteiger partial charge in [-0.3, -0.25) is 0 Å². The summed E-state index contributed by atoms with van der Waals surface area (Å²) in [5.74, 6) is -0.220. The van der Waals surface area contributed by atoms with Crippen LogP contribution in [0, 0.1) is 11.7 Å². The smallest absolute Gasteiger partial charge is 0.407 e. The Balaban J connectivity index is 2.46. The number of nitrogens with one attached hydrogen (secondary N) is 1. The van der Waals surface area contributed by atoms with Crippen molar-refractivity contribution in [3.63, 3.8) is 0 Å². The third kappa shape index (κ3) is 6.52. The average molecular weight is 282 g/mol. The highest BCUT2D eigenvalue weighted by molar-refractivity contribution is 5.67. The van der Waals surface area contributed by atoms with Gasteiger partial charge >= 0.3 is 6.09 Å². The minimum absolute atomic E-state index is 0.0457. The zero-order valence-electron chi connectivity index (χ0n) is 12.3. The number of hydrogen-bond acceptors (Lipinski definition) is 3. The van der Waals surface area contributed by atoms with Gasteiger partial charge in [0.15, 0.2) is 0 Å². The molecule has 0 saturated heterocycles. The van der Waals surface area contributed by atoms with Gasteiger partial charge in [-0.15, -0.1) is 0 Å². The normalized spacial score (nSPS) is 12.8. The molecule has 5 heteroatoms. The standard InChI is InChI=1S/C15H23FN2O2/c1-15(2,3)20-14(19)18-10-12(9-17)7-11-5-4-6-13(16)8-11/h4-6,8,12H,7,9-10,17H2,1-3H3,(H,18,19). The van der Waals surface area contributed by atoms with E-state index >= 15 is 0 Å². The molecule has 1 atom stereocenters. The Kier molecular flexibility index (Phi) is 5.95. The molecule has 112 valence electrons. The first kappa shape index (κ1) is 16.4. The van der Waals surface area contributed by atoms with Crippen LogP contribution in [0.2, 0.25) is 0 Å². The van der Waals surface area contributed by atoms with Crippen molar-refractivity contribution in [3.05, 3.63) is 35.6 Å². The molecule has 20 heavy (non-hydrogen) atoms. The Morgan fingerprint density at radius 1 is 1.45 bits per heavy atom. The first-order chi connectivity index (χ1) is 9.30. The largest absolute Gasteiger partial charge is 0.444 e. The number of carbonyl (C=O) groups excluding carboxylic acids is 1. The van der Waals surface area contributed by atoms with Gasteiger partial charge in [0.25, 0.3) is 0 Å². The summed E-state index contributed by atoms with van der Waals surface area (Å²) in [7, 11) is 0. The SMILES string of the molecule is CC(C)(C)OC(=O)NCC(CN)Cc1cccc(F)c1. The van der Waals surface area contributed by atoms with E-state index in [4.69, 9.17) is 10.5 Å². The number of ether oxygens (including phenoxy) is 1. The summed E-state index contributed by atoms with van der Waals surface area (Å²) >= 11 is 0. The molecular weight excluding hydrogens is 259 g/mol. The van der Waals surface area contributed by atoms with Crippen molar-refractivity contribution in [3.8, 4) is 0 Å². The second kappa shape index (κ2) is 7.24. The fourth-order valence-electron chi connectivity index (χ4n) is 1.78. The molecule has 0 bridgehead atoms. The number of amides is 1. The van der Waals surface area contributed by atoms with E-state index in [9.17, 15) is 9.18 Å². The third-order valence-electron chi connectivity index (χ3n) is 2.68. The lowest BCUT2D eigenvalue weighted by molar-refractivity contribution is 0.0520. The molecule has 0 spiro atoms. The second-order valence-electron chi connectivity index (χ2n) is 5.82. The molecule has 0 saturated carbocycles. The molecule has 0 aromatic heterocycles. The number of benzene rings is 1. The highest BCUT2D eigenvalue weighted by atomic mass is 19.1. The molecule has 4 nitrogen and oxygen atoms in total. The van der Waals surface area contributed by atoms with Gasteiger partial charge in [0, 0.05) is 6.54 Å². The van der Waals surface area contributed by atoms with E-state index in [1.165, 1.54) is 12.1 Å². The van der Waals surface area contributed by atoms with Crippen LogP contribution in [0.25, 0.3) is 0 Å². The fourth-order valence-corrected chi connectivity index (χ4v) is 1.78. The molecule has 0 radical (unpaired) electrons. The van der Waals surface area contributed by atoms with Crippen LogP contribution in [0.3, 0.4) is 0 Å². The number of nitrogens with two attached hydrogens (primary N) is 1. The lowest BCUT2D eigenvalue weighted by atomic mass is 9.99. The fraction of sp³-hybridized carbons (Fsp3) is 0.533. The Labute approximate surface area is 119 Å². The van der Waals surface area contributed by atoms with Crippen LogP contribution < -0.4 is 11.1 Å². The Morgan fingerprint density at radius 3 is 2.70 bits per heavy atom. The minimum Gasteiger partial charge on any atom is -0.444 e. The van der Waals surface area contributed by atoms with Gasteiger partial charge in [-0.05, 0) is 57.4 Å². The number of carbonyl (C=O) groups is 1. The van der Waals surface area contributed by atoms with E-state index in [1.54, 1.807) is 26.8 Å². The van der Waals surface area contributed by atoms with Crippen LogP contribution in [0.1, 0.15) is 26.3 Å². The molecule has 1 amide bonds. The summed E-state index contributed by atoms with van der Waals surface area (Å²) in [4.78, 5) is 11.6. The molecule has 1 aromatic carbocycles. The van der Waals surface area contributed by atoms with Crippen molar-refractivity contribution in [1.29, 1.82) is 0 Å². The van der Waals surface area contributed by atoms with E-state index in [0.29, 0.717) is 19.5 Å². The van der Waals surface area contributed by atoms with Gasteiger partial charge in [-0.25, -0.2) is 9.18 Å². The van der Waals surface area contributed by atoms with Crippen molar-refractivity contribution in [1.82, 2.24) is 5.32 Å². The van der Waals surface area contributed by atoms with Crippen molar-refractivity contribution in [2.45, 2.75) is 32.8 Å². The van der Waals surface area contributed by atoms with Crippen LogP contribution in [0.5, 0.6) is 0 Å². The summed E-state index contributed by atoms with van der Waals surface area (Å²) < 4.78 is 18.3. The maximum atomic E-state index is 13.1. The quantitative estimate of drug-likeness (QED) is 0.872. The van der Waals surface area contributed by atoms with Gasteiger partial charge in [0.2, 0.25) is 0 Å². The van der Waals surface area contributed by atoms with Crippen molar-refractivity contribution >= 4 is 6.09 Å². The second-order valence-corrected chi connectivity index (χ2v) is 5.82. The molecule has 1 aromatic rings. The Hall–Kier alpha value is -1.62. The van der Waals surface area contributed by atoms with Gasteiger partial charge in [-0.1, -0.05) is 12.1 Å². The maximum absolute atomic E-state index is 13.1. The lowest BCUT2D eigenvalue weighted by Crippen LogP contribution is -2.37. The molecule has 3 N–H and O–H groups in total. The molecule has 0 aliphatic carbocycles. The number of hydrogen-bond donors (Lipinski definition) is 2. The first-order valence-corrected chi connectivity index (χ1v) is 6.71. The Bertz CT molecular complexity index is 444. The molecule has 1 rings (SSSR count). The molecule has 0 fully saturated rings. The van der Waals surface area contributed by atoms with Gasteiger partial charge in [-0.2, -0.15) is 0 Å². The van der Waals surface area contributed by atoms with E-state index in [1.807, 2.05) is 6.07 Å². The summed E-state index contributed by atoms with van der Waals surface area (Å²) in [6.45, 7) is 6.23. The van der Waals surface area contributed by atoms with Crippen LogP contribution in [-0.4, -0.2) is 24.8 Å². The number of halogens is 1. The van der Waals surface area contributed by atoms with Gasteiger partial charge in [0.1, 0.15) is 11.4 Å². The van der Waals surface area contributed by atoms with E-state index < -0.39 is 11.7 Å². The number of alkyl carbamates (subject to hydrolysis) is 1. The molecule has 0 aliphatic heterocycles. The number of rotatable bonds is 5. The first-order valence-electron chi connectivity index (χ1n) is 6.71. The van der Waals surface area contributed by atoms with Crippen molar-refractivity contribution in [2.24, 2.45) is 11.7 Å². The highest BCUT2D eigenvalue weighted by Gasteiger charge is 2.17. The van der Waals surface area contributed by atoms with Gasteiger partial charge < -0.3 is 15.8 Å². The van der Waals surface area contributed by atoms with Crippen LogP contribution in [-0.2, 0) is 11.2 Å². The monoisotopic (exact) mass is 282 g/mol. The predicted octanol–water partition coefficient (Wildman–Crippen LogP) is 2.47. The molecule has 0 heterocycles. The predicted molar refractivity (Wildman–Crippen MR) is 76.9 cm³/mol. The highest BCUT2D eigenvalue weighted by Crippen LogP contribution is 2.10. The van der Waals surface area contributed by atoms with E-state index in [2.05, 4.69) is 5.32 Å². The Morgan fingerprint density at radius 2 is 2.15 bits per heavy atom. The molecule has 0 aliphatic rings. The average Bonchev–Trinajstić information content (AvgIpc) is 2.32. The molecular formula is C15H23FN2O2. The minimum atomic E-state index is -0.523. The van der Waals surface area contributed by atoms with Crippen LogP contribution in [0.15, 0.2) is 24.3 Å². The van der Waals surface area contributed by atoms with E-state index in [0.717, 1.165) is 5.56 Å². The van der Waals surface area contributed by atoms with Crippen LogP contribution in [0.4, 0.5) is 9.18 Å².